The van der Waals surface area contributed by atoms with Crippen LogP contribution in [0.4, 0.5) is 11.6 Å². The van der Waals surface area contributed by atoms with Gasteiger partial charge in [0, 0.05) is 55.8 Å². The maximum atomic E-state index is 10.9. The number of phenolic OH excluding ortho intramolecular Hbond substituents is 1. The van der Waals surface area contributed by atoms with Gasteiger partial charge in [0.15, 0.2) is 0 Å². The first-order chi connectivity index (χ1) is 11.6. The topological polar surface area (TPSA) is 104 Å². The van der Waals surface area contributed by atoms with E-state index < -0.39 is 4.92 Å². The van der Waals surface area contributed by atoms with Crippen LogP contribution in [-0.4, -0.2) is 39.1 Å². The fraction of sp³-hybridized carbons (Fsp3) is 0.375. The Kier molecular flexibility index (Phi) is 4.85. The van der Waals surface area contributed by atoms with Gasteiger partial charge in [-0.05, 0) is 25.0 Å². The van der Waals surface area contributed by atoms with Crippen LogP contribution in [0.2, 0.25) is 0 Å². The Labute approximate surface area is 139 Å². The first-order valence-electron chi connectivity index (χ1n) is 7.85. The fourth-order valence-corrected chi connectivity index (χ4v) is 2.86. The van der Waals surface area contributed by atoms with Gasteiger partial charge in [-0.1, -0.05) is 0 Å². The van der Waals surface area contributed by atoms with E-state index in [-0.39, 0.29) is 17.5 Å². The Bertz CT molecular complexity index is 710. The fourth-order valence-electron chi connectivity index (χ4n) is 2.86. The number of nitro groups is 1. The molecule has 2 heterocycles. The number of phenols is 1. The van der Waals surface area contributed by atoms with Gasteiger partial charge in [-0.2, -0.15) is 0 Å². The molecule has 1 aliphatic rings. The van der Waals surface area contributed by atoms with Crippen molar-refractivity contribution in [2.24, 2.45) is 0 Å². The minimum atomic E-state index is -0.460. The van der Waals surface area contributed by atoms with Crippen LogP contribution in [0.5, 0.6) is 5.75 Å². The van der Waals surface area contributed by atoms with E-state index in [2.05, 4.69) is 20.2 Å². The number of benzene rings is 1. The normalized spacial score (nSPS) is 17.7. The molecule has 2 aromatic rings. The lowest BCUT2D eigenvalue weighted by atomic mass is 10.1. The van der Waals surface area contributed by atoms with E-state index >= 15 is 0 Å². The van der Waals surface area contributed by atoms with Crippen LogP contribution in [-0.2, 0) is 6.54 Å². The van der Waals surface area contributed by atoms with Gasteiger partial charge in [0.2, 0.25) is 5.95 Å². The van der Waals surface area contributed by atoms with Gasteiger partial charge in [-0.3, -0.25) is 10.1 Å². The zero-order chi connectivity index (χ0) is 16.9. The highest BCUT2D eigenvalue weighted by molar-refractivity contribution is 5.43. The van der Waals surface area contributed by atoms with Crippen molar-refractivity contribution in [3.8, 4) is 5.75 Å². The summed E-state index contributed by atoms with van der Waals surface area (Å²) in [6, 6.07) is 6.06. The molecule has 3 rings (SSSR count). The SMILES string of the molecule is O=[N+]([O-])c1ccc(O)c(CNC2CCCN(c3ncccn3)C2)c1. The number of nitro benzene ring substituents is 1. The third-order valence-electron chi connectivity index (χ3n) is 4.11. The molecule has 2 N–H and O–H groups in total. The van der Waals surface area contributed by atoms with E-state index in [1.165, 1.54) is 18.2 Å². The van der Waals surface area contributed by atoms with Crippen molar-refractivity contribution in [2.75, 3.05) is 18.0 Å². The second-order valence-corrected chi connectivity index (χ2v) is 5.78. The molecule has 1 aliphatic heterocycles. The summed E-state index contributed by atoms with van der Waals surface area (Å²) in [5.41, 5.74) is 0.504. The molecule has 1 aromatic carbocycles. The first-order valence-corrected chi connectivity index (χ1v) is 7.85. The molecule has 0 radical (unpaired) electrons. The van der Waals surface area contributed by atoms with Crippen molar-refractivity contribution in [2.45, 2.75) is 25.4 Å². The molecule has 0 bridgehead atoms. The van der Waals surface area contributed by atoms with Gasteiger partial charge in [0.25, 0.3) is 5.69 Å². The largest absolute Gasteiger partial charge is 0.508 e. The van der Waals surface area contributed by atoms with E-state index in [9.17, 15) is 15.2 Å². The van der Waals surface area contributed by atoms with Crippen LogP contribution < -0.4 is 10.2 Å². The Hall–Kier alpha value is -2.74. The summed E-state index contributed by atoms with van der Waals surface area (Å²) >= 11 is 0. The third-order valence-corrected chi connectivity index (χ3v) is 4.11. The van der Waals surface area contributed by atoms with Crippen LogP contribution in [0.25, 0.3) is 0 Å². The Morgan fingerprint density at radius 1 is 1.38 bits per heavy atom. The van der Waals surface area contributed by atoms with E-state index in [1.54, 1.807) is 18.5 Å². The second kappa shape index (κ2) is 7.22. The third kappa shape index (κ3) is 3.77. The molecule has 1 aromatic heterocycles. The number of hydrogen-bond acceptors (Lipinski definition) is 7. The highest BCUT2D eigenvalue weighted by Gasteiger charge is 2.21. The number of aromatic nitrogens is 2. The molecule has 8 nitrogen and oxygen atoms in total. The molecule has 0 spiro atoms. The Morgan fingerprint density at radius 3 is 2.92 bits per heavy atom. The van der Waals surface area contributed by atoms with Crippen LogP contribution >= 0.6 is 0 Å². The van der Waals surface area contributed by atoms with Crippen molar-refractivity contribution in [3.63, 3.8) is 0 Å². The highest BCUT2D eigenvalue weighted by atomic mass is 16.6. The maximum absolute atomic E-state index is 10.9. The van der Waals surface area contributed by atoms with Gasteiger partial charge < -0.3 is 15.3 Å². The molecule has 0 aliphatic carbocycles. The first kappa shape index (κ1) is 16.1. The average molecular weight is 329 g/mol. The molecule has 1 fully saturated rings. The molecule has 1 atom stereocenters. The van der Waals surface area contributed by atoms with Crippen molar-refractivity contribution in [1.82, 2.24) is 15.3 Å². The quantitative estimate of drug-likeness (QED) is 0.637. The summed E-state index contributed by atoms with van der Waals surface area (Å²) in [4.78, 5) is 21.1. The average Bonchev–Trinajstić information content (AvgIpc) is 2.62. The maximum Gasteiger partial charge on any atom is 0.270 e. The number of hydrogen-bond donors (Lipinski definition) is 2. The molecule has 1 unspecified atom stereocenters. The smallest absolute Gasteiger partial charge is 0.270 e. The van der Waals surface area contributed by atoms with Crippen molar-refractivity contribution >= 4 is 11.6 Å². The van der Waals surface area contributed by atoms with E-state index in [1.807, 2.05) is 0 Å². The predicted molar refractivity (Wildman–Crippen MR) is 88.9 cm³/mol. The van der Waals surface area contributed by atoms with Gasteiger partial charge in [-0.15, -0.1) is 0 Å². The van der Waals surface area contributed by atoms with Crippen LogP contribution in [0, 0.1) is 10.1 Å². The summed E-state index contributed by atoms with van der Waals surface area (Å²) < 4.78 is 0. The summed E-state index contributed by atoms with van der Waals surface area (Å²) in [5.74, 6) is 0.773. The summed E-state index contributed by atoms with van der Waals surface area (Å²) in [6.07, 6.45) is 5.46. The minimum absolute atomic E-state index is 0.0208. The van der Waals surface area contributed by atoms with E-state index in [0.29, 0.717) is 18.1 Å². The zero-order valence-electron chi connectivity index (χ0n) is 13.1. The van der Waals surface area contributed by atoms with Crippen LogP contribution in [0.1, 0.15) is 18.4 Å². The van der Waals surface area contributed by atoms with Crippen molar-refractivity contribution < 1.29 is 10.0 Å². The molecular weight excluding hydrogens is 310 g/mol. The molecule has 126 valence electrons. The molecule has 8 heteroatoms. The lowest BCUT2D eigenvalue weighted by Crippen LogP contribution is -2.46. The molecular formula is C16H19N5O3. The summed E-state index contributed by atoms with van der Waals surface area (Å²) in [7, 11) is 0. The number of piperidine rings is 1. The van der Waals surface area contributed by atoms with Gasteiger partial charge >= 0.3 is 0 Å². The lowest BCUT2D eigenvalue weighted by Gasteiger charge is -2.33. The van der Waals surface area contributed by atoms with Gasteiger partial charge in [0.05, 0.1) is 4.92 Å². The van der Waals surface area contributed by atoms with Gasteiger partial charge in [-0.25, -0.2) is 9.97 Å². The Balaban J connectivity index is 1.62. The monoisotopic (exact) mass is 329 g/mol. The summed E-state index contributed by atoms with van der Waals surface area (Å²) in [5, 5.41) is 24.1. The number of rotatable bonds is 5. The zero-order valence-corrected chi connectivity index (χ0v) is 13.1. The van der Waals surface area contributed by atoms with Gasteiger partial charge in [0.1, 0.15) is 5.75 Å². The number of non-ortho nitro benzene ring substituents is 1. The number of nitrogens with zero attached hydrogens (tertiary/aromatic N) is 4. The number of anilines is 1. The predicted octanol–water partition coefficient (Wildman–Crippen LogP) is 1.85. The number of aromatic hydroxyl groups is 1. The highest BCUT2D eigenvalue weighted by Crippen LogP contribution is 2.23. The van der Waals surface area contributed by atoms with E-state index in [4.69, 9.17) is 0 Å². The lowest BCUT2D eigenvalue weighted by molar-refractivity contribution is -0.384. The molecule has 0 amide bonds. The molecule has 1 saturated heterocycles. The molecule has 0 saturated carbocycles. The van der Waals surface area contributed by atoms with Crippen LogP contribution in [0.3, 0.4) is 0 Å². The number of nitrogens with one attached hydrogen (secondary N) is 1. The molecule has 24 heavy (non-hydrogen) atoms. The Morgan fingerprint density at radius 2 is 2.17 bits per heavy atom. The second-order valence-electron chi connectivity index (χ2n) is 5.78. The summed E-state index contributed by atoms with van der Waals surface area (Å²) in [6.45, 7) is 2.05. The minimum Gasteiger partial charge on any atom is -0.508 e. The standard InChI is InChI=1S/C16H19N5O3/c22-15-5-4-14(21(23)24)9-12(15)10-19-13-3-1-8-20(11-13)16-17-6-2-7-18-16/h2,4-7,9,13,19,22H,1,3,8,10-11H2. The van der Waals surface area contributed by atoms with Crippen molar-refractivity contribution in [3.05, 3.63) is 52.3 Å². The van der Waals surface area contributed by atoms with Crippen molar-refractivity contribution in [1.29, 1.82) is 0 Å². The van der Waals surface area contributed by atoms with E-state index in [0.717, 1.165) is 25.9 Å². The van der Waals surface area contributed by atoms with Crippen LogP contribution in [0.15, 0.2) is 36.7 Å².